The Labute approximate surface area is 116 Å². The zero-order chi connectivity index (χ0) is 13.8. The molecule has 0 saturated heterocycles. The molecule has 1 aromatic heterocycles. The van der Waals surface area contributed by atoms with Gasteiger partial charge in [0.1, 0.15) is 16.2 Å². The van der Waals surface area contributed by atoms with E-state index in [0.717, 1.165) is 12.1 Å². The van der Waals surface area contributed by atoms with Crippen LogP contribution in [0.1, 0.15) is 5.56 Å². The molecule has 98 valence electrons. The molecular formula is C13H9BrF2N2O. The summed E-state index contributed by atoms with van der Waals surface area (Å²) in [5.74, 6) is -1.99. The Morgan fingerprint density at radius 1 is 1.21 bits per heavy atom. The predicted molar refractivity (Wildman–Crippen MR) is 70.6 cm³/mol. The zero-order valence-corrected chi connectivity index (χ0v) is 11.2. The van der Waals surface area contributed by atoms with Gasteiger partial charge in [-0.2, -0.15) is 0 Å². The summed E-state index contributed by atoms with van der Waals surface area (Å²) in [5.41, 5.74) is 0.198. The molecule has 1 heterocycles. The third-order valence-corrected chi connectivity index (χ3v) is 3.06. The van der Waals surface area contributed by atoms with Crippen LogP contribution in [0.4, 0.5) is 14.5 Å². The van der Waals surface area contributed by atoms with Gasteiger partial charge in [-0.05, 0) is 40.2 Å². The smallest absolute Gasteiger partial charge is 0.229 e. The van der Waals surface area contributed by atoms with Gasteiger partial charge in [0, 0.05) is 11.8 Å². The Kier molecular flexibility index (Phi) is 4.21. The highest BCUT2D eigenvalue weighted by molar-refractivity contribution is 9.10. The van der Waals surface area contributed by atoms with Crippen LogP contribution in [0, 0.1) is 11.6 Å². The van der Waals surface area contributed by atoms with Gasteiger partial charge in [-0.1, -0.05) is 6.07 Å². The van der Waals surface area contributed by atoms with Crippen molar-refractivity contribution in [2.45, 2.75) is 6.42 Å². The largest absolute Gasteiger partial charge is 0.323 e. The normalized spacial score (nSPS) is 10.3. The first-order valence-corrected chi connectivity index (χ1v) is 6.20. The van der Waals surface area contributed by atoms with Crippen LogP contribution in [0.3, 0.4) is 0 Å². The van der Waals surface area contributed by atoms with Crippen molar-refractivity contribution < 1.29 is 13.6 Å². The number of benzene rings is 1. The topological polar surface area (TPSA) is 42.0 Å². The molecular weight excluding hydrogens is 318 g/mol. The number of hydrogen-bond donors (Lipinski definition) is 1. The third-order valence-electron chi connectivity index (χ3n) is 2.43. The van der Waals surface area contributed by atoms with Gasteiger partial charge in [0.25, 0.3) is 0 Å². The molecule has 1 amide bonds. The van der Waals surface area contributed by atoms with Gasteiger partial charge in [0.05, 0.1) is 12.1 Å². The van der Waals surface area contributed by atoms with Gasteiger partial charge >= 0.3 is 0 Å². The highest BCUT2D eigenvalue weighted by Crippen LogP contribution is 2.19. The first-order chi connectivity index (χ1) is 9.08. The average molecular weight is 327 g/mol. The monoisotopic (exact) mass is 326 g/mol. The lowest BCUT2D eigenvalue weighted by atomic mass is 10.1. The lowest BCUT2D eigenvalue weighted by Gasteiger charge is -2.07. The molecule has 3 nitrogen and oxygen atoms in total. The minimum atomic E-state index is -0.736. The molecule has 2 aromatic rings. The number of carbonyl (C=O) groups excluding carboxylic acids is 1. The van der Waals surface area contributed by atoms with E-state index in [1.165, 1.54) is 6.07 Å². The van der Waals surface area contributed by atoms with E-state index < -0.39 is 17.5 Å². The Bertz CT molecular complexity index is 599. The molecule has 0 aliphatic rings. The van der Waals surface area contributed by atoms with Crippen LogP contribution in [-0.4, -0.2) is 10.9 Å². The first kappa shape index (κ1) is 13.6. The molecule has 19 heavy (non-hydrogen) atoms. The minimum Gasteiger partial charge on any atom is -0.323 e. The highest BCUT2D eigenvalue weighted by Gasteiger charge is 2.13. The zero-order valence-electron chi connectivity index (χ0n) is 9.66. The number of amides is 1. The minimum absolute atomic E-state index is 0.250. The summed E-state index contributed by atoms with van der Waals surface area (Å²) >= 11 is 3.17. The number of halogens is 3. The second-order valence-corrected chi connectivity index (χ2v) is 4.52. The van der Waals surface area contributed by atoms with E-state index in [1.54, 1.807) is 18.3 Å². The van der Waals surface area contributed by atoms with E-state index in [2.05, 4.69) is 26.2 Å². The number of anilines is 1. The van der Waals surface area contributed by atoms with Crippen molar-refractivity contribution in [3.63, 3.8) is 0 Å². The van der Waals surface area contributed by atoms with Crippen molar-refractivity contribution in [2.24, 2.45) is 0 Å². The van der Waals surface area contributed by atoms with Gasteiger partial charge in [-0.25, -0.2) is 13.8 Å². The van der Waals surface area contributed by atoms with Gasteiger partial charge in [-0.3, -0.25) is 4.79 Å². The summed E-state index contributed by atoms with van der Waals surface area (Å²) in [6.45, 7) is 0. The number of rotatable bonds is 3. The van der Waals surface area contributed by atoms with Crippen molar-refractivity contribution in [3.8, 4) is 0 Å². The Morgan fingerprint density at radius 3 is 2.53 bits per heavy atom. The average Bonchev–Trinajstić information content (AvgIpc) is 2.37. The molecule has 0 radical (unpaired) electrons. The summed E-state index contributed by atoms with van der Waals surface area (Å²) in [4.78, 5) is 15.7. The van der Waals surface area contributed by atoms with Gasteiger partial charge in [0.15, 0.2) is 0 Å². The maximum Gasteiger partial charge on any atom is 0.229 e. The van der Waals surface area contributed by atoms with Crippen LogP contribution in [0.5, 0.6) is 0 Å². The molecule has 0 spiro atoms. The third kappa shape index (κ3) is 3.35. The molecule has 1 N–H and O–H groups in total. The molecule has 0 aliphatic heterocycles. The van der Waals surface area contributed by atoms with Crippen molar-refractivity contribution in [2.75, 3.05) is 5.32 Å². The number of pyridine rings is 1. The molecule has 0 bridgehead atoms. The van der Waals surface area contributed by atoms with Crippen LogP contribution in [0.2, 0.25) is 0 Å². The molecule has 1 aromatic carbocycles. The molecule has 0 atom stereocenters. The van der Waals surface area contributed by atoms with Gasteiger partial charge in [-0.15, -0.1) is 0 Å². The van der Waals surface area contributed by atoms with E-state index in [9.17, 15) is 13.6 Å². The quantitative estimate of drug-likeness (QED) is 0.879. The molecule has 0 aliphatic carbocycles. The number of hydrogen-bond acceptors (Lipinski definition) is 2. The molecule has 6 heteroatoms. The lowest BCUT2D eigenvalue weighted by molar-refractivity contribution is -0.115. The fourth-order valence-corrected chi connectivity index (χ4v) is 1.88. The van der Waals surface area contributed by atoms with Crippen molar-refractivity contribution in [1.29, 1.82) is 0 Å². The van der Waals surface area contributed by atoms with Gasteiger partial charge < -0.3 is 5.32 Å². The number of nitrogens with zero attached hydrogens (tertiary/aromatic N) is 1. The van der Waals surface area contributed by atoms with E-state index >= 15 is 0 Å². The fraction of sp³-hybridized carbons (Fsp3) is 0.0769. The van der Waals surface area contributed by atoms with E-state index in [4.69, 9.17) is 0 Å². The van der Waals surface area contributed by atoms with E-state index in [-0.39, 0.29) is 12.0 Å². The van der Waals surface area contributed by atoms with E-state index in [0.29, 0.717) is 10.3 Å². The second-order valence-electron chi connectivity index (χ2n) is 3.77. The van der Waals surface area contributed by atoms with Crippen LogP contribution in [0.25, 0.3) is 0 Å². The van der Waals surface area contributed by atoms with Crippen LogP contribution >= 0.6 is 15.9 Å². The molecule has 0 unspecified atom stereocenters. The van der Waals surface area contributed by atoms with Crippen LogP contribution in [0.15, 0.2) is 41.1 Å². The van der Waals surface area contributed by atoms with Crippen molar-refractivity contribution in [3.05, 3.63) is 58.3 Å². The standard InChI is InChI=1S/C13H9BrF2N2O/c14-13-11(5-2-6-17-13)18-12(19)7-8-9(15)3-1-4-10(8)16/h1-6H,7H2,(H,18,19). The van der Waals surface area contributed by atoms with E-state index in [1.807, 2.05) is 0 Å². The second kappa shape index (κ2) is 5.88. The number of aromatic nitrogens is 1. The molecule has 2 rings (SSSR count). The summed E-state index contributed by atoms with van der Waals surface area (Å²) in [6, 6.07) is 6.76. The predicted octanol–water partition coefficient (Wildman–Crippen LogP) is 3.30. The lowest BCUT2D eigenvalue weighted by Crippen LogP contribution is -2.16. The number of carbonyl (C=O) groups is 1. The summed E-state index contributed by atoms with van der Waals surface area (Å²) in [6.07, 6.45) is 1.18. The summed E-state index contributed by atoms with van der Waals surface area (Å²) in [7, 11) is 0. The molecule has 0 fully saturated rings. The Morgan fingerprint density at radius 2 is 1.89 bits per heavy atom. The van der Waals surface area contributed by atoms with Crippen LogP contribution < -0.4 is 5.32 Å². The van der Waals surface area contributed by atoms with Gasteiger partial charge in [0.2, 0.25) is 5.91 Å². The van der Waals surface area contributed by atoms with Crippen LogP contribution in [-0.2, 0) is 11.2 Å². The van der Waals surface area contributed by atoms with Crippen molar-refractivity contribution >= 4 is 27.5 Å². The maximum atomic E-state index is 13.4. The highest BCUT2D eigenvalue weighted by atomic mass is 79.9. The SMILES string of the molecule is O=C(Cc1c(F)cccc1F)Nc1cccnc1Br. The first-order valence-electron chi connectivity index (χ1n) is 5.41. The number of nitrogens with one attached hydrogen (secondary N) is 1. The fourth-order valence-electron chi connectivity index (χ4n) is 1.54. The Hall–Kier alpha value is -1.82. The summed E-state index contributed by atoms with van der Waals surface area (Å²) in [5, 5.41) is 2.53. The summed E-state index contributed by atoms with van der Waals surface area (Å²) < 4.78 is 27.2. The maximum absolute atomic E-state index is 13.4. The van der Waals surface area contributed by atoms with Crippen molar-refractivity contribution in [1.82, 2.24) is 4.98 Å². The Balaban J connectivity index is 2.12. The molecule has 0 saturated carbocycles.